The fourth-order valence-corrected chi connectivity index (χ4v) is 3.24. The lowest BCUT2D eigenvalue weighted by Crippen LogP contribution is -2.52. The average molecular weight is 314 g/mol. The van der Waals surface area contributed by atoms with Crippen LogP contribution in [0.2, 0.25) is 0 Å². The van der Waals surface area contributed by atoms with Crippen molar-refractivity contribution in [3.63, 3.8) is 0 Å². The molecule has 3 nitrogen and oxygen atoms in total. The number of rotatable bonds is 3. The van der Waals surface area contributed by atoms with Gasteiger partial charge in [0.15, 0.2) is 0 Å². The lowest BCUT2D eigenvalue weighted by atomic mass is 9.78. The quantitative estimate of drug-likeness (QED) is 0.865. The summed E-state index contributed by atoms with van der Waals surface area (Å²) in [4.78, 5) is 12.2. The zero-order valence-corrected chi connectivity index (χ0v) is 12.5. The first-order chi connectivity index (χ1) is 8.56. The van der Waals surface area contributed by atoms with E-state index in [0.717, 1.165) is 24.1 Å². The summed E-state index contributed by atoms with van der Waals surface area (Å²) in [6.45, 7) is 4.10. The van der Waals surface area contributed by atoms with Crippen molar-refractivity contribution >= 4 is 21.8 Å². The van der Waals surface area contributed by atoms with Crippen LogP contribution >= 0.6 is 15.9 Å². The molecule has 1 fully saturated rings. The molecule has 1 amide bonds. The van der Waals surface area contributed by atoms with Crippen LogP contribution in [0.4, 0.5) is 0 Å². The van der Waals surface area contributed by atoms with Gasteiger partial charge < -0.3 is 9.73 Å². The number of carbonyl (C=O) groups excluding carboxylic acids is 1. The van der Waals surface area contributed by atoms with Gasteiger partial charge in [0.25, 0.3) is 5.91 Å². The van der Waals surface area contributed by atoms with E-state index in [4.69, 9.17) is 4.42 Å². The number of hydrogen-bond acceptors (Lipinski definition) is 2. The van der Waals surface area contributed by atoms with Crippen molar-refractivity contribution in [3.05, 3.63) is 23.7 Å². The molecule has 0 spiro atoms. The van der Waals surface area contributed by atoms with E-state index in [-0.39, 0.29) is 11.4 Å². The highest BCUT2D eigenvalue weighted by Gasteiger charge is 2.35. The van der Waals surface area contributed by atoms with Crippen molar-refractivity contribution in [1.82, 2.24) is 5.32 Å². The van der Waals surface area contributed by atoms with Gasteiger partial charge >= 0.3 is 0 Å². The van der Waals surface area contributed by atoms with Crippen LogP contribution in [0.25, 0.3) is 0 Å². The third-order valence-corrected chi connectivity index (χ3v) is 5.04. The maximum absolute atomic E-state index is 12.2. The molecular weight excluding hydrogens is 294 g/mol. The van der Waals surface area contributed by atoms with Crippen molar-refractivity contribution < 1.29 is 9.21 Å². The second-order valence-corrected chi connectivity index (χ2v) is 6.00. The van der Waals surface area contributed by atoms with Crippen LogP contribution in [0.1, 0.15) is 48.7 Å². The smallest absolute Gasteiger partial charge is 0.255 e. The van der Waals surface area contributed by atoms with Gasteiger partial charge in [-0.15, -0.1) is 0 Å². The summed E-state index contributed by atoms with van der Waals surface area (Å²) in [7, 11) is 0. The minimum absolute atomic E-state index is 0.0183. The molecule has 1 saturated carbocycles. The second kappa shape index (κ2) is 5.47. The largest absolute Gasteiger partial charge is 0.469 e. The molecule has 0 aliphatic heterocycles. The Morgan fingerprint density at radius 2 is 2.22 bits per heavy atom. The fourth-order valence-electron chi connectivity index (χ4n) is 2.54. The molecule has 1 aromatic heterocycles. The van der Waals surface area contributed by atoms with E-state index < -0.39 is 0 Å². The van der Waals surface area contributed by atoms with Gasteiger partial charge in [-0.1, -0.05) is 22.9 Å². The SMILES string of the molecule is Cc1occc1C(=O)NC1(CBr)CCC(C)CC1. The highest BCUT2D eigenvalue weighted by molar-refractivity contribution is 9.09. The van der Waals surface area contributed by atoms with Crippen LogP contribution in [0.5, 0.6) is 0 Å². The van der Waals surface area contributed by atoms with Crippen molar-refractivity contribution in [1.29, 1.82) is 0 Å². The molecular formula is C14H20BrNO2. The summed E-state index contributed by atoms with van der Waals surface area (Å²) in [5.74, 6) is 1.43. The van der Waals surface area contributed by atoms with Gasteiger partial charge in [-0.3, -0.25) is 4.79 Å². The number of aryl methyl sites for hydroxylation is 1. The second-order valence-electron chi connectivity index (χ2n) is 5.44. The minimum atomic E-state index is -0.0900. The van der Waals surface area contributed by atoms with Crippen LogP contribution in [-0.4, -0.2) is 16.8 Å². The first-order valence-corrected chi connectivity index (χ1v) is 7.61. The predicted octanol–water partition coefficient (Wildman–Crippen LogP) is 3.66. The molecule has 0 aromatic carbocycles. The molecule has 1 aromatic rings. The Hall–Kier alpha value is -0.770. The van der Waals surface area contributed by atoms with E-state index in [2.05, 4.69) is 28.2 Å². The maximum atomic E-state index is 12.2. The van der Waals surface area contributed by atoms with Gasteiger partial charge in [-0.2, -0.15) is 0 Å². The summed E-state index contributed by atoms with van der Waals surface area (Å²) in [5, 5.41) is 4.01. The highest BCUT2D eigenvalue weighted by Crippen LogP contribution is 2.33. The monoisotopic (exact) mass is 313 g/mol. The lowest BCUT2D eigenvalue weighted by molar-refractivity contribution is 0.0873. The van der Waals surface area contributed by atoms with Crippen molar-refractivity contribution in [2.24, 2.45) is 5.92 Å². The Bertz CT molecular complexity index is 419. The Kier molecular flexibility index (Phi) is 4.15. The number of alkyl halides is 1. The summed E-state index contributed by atoms with van der Waals surface area (Å²) in [6.07, 6.45) is 6.00. The van der Waals surface area contributed by atoms with Crippen LogP contribution < -0.4 is 5.32 Å². The summed E-state index contributed by atoms with van der Waals surface area (Å²) >= 11 is 3.56. The average Bonchev–Trinajstić information content (AvgIpc) is 2.79. The van der Waals surface area contributed by atoms with Gasteiger partial charge in [0.1, 0.15) is 5.76 Å². The number of halogens is 1. The number of carbonyl (C=O) groups is 1. The number of nitrogens with one attached hydrogen (secondary N) is 1. The highest BCUT2D eigenvalue weighted by atomic mass is 79.9. The van der Waals surface area contributed by atoms with E-state index in [1.165, 1.54) is 12.8 Å². The van der Waals surface area contributed by atoms with Crippen LogP contribution in [-0.2, 0) is 0 Å². The maximum Gasteiger partial charge on any atom is 0.255 e. The van der Waals surface area contributed by atoms with Crippen molar-refractivity contribution in [3.8, 4) is 0 Å². The van der Waals surface area contributed by atoms with Gasteiger partial charge in [0, 0.05) is 5.33 Å². The predicted molar refractivity (Wildman–Crippen MR) is 75.1 cm³/mol. The van der Waals surface area contributed by atoms with E-state index >= 15 is 0 Å². The number of furan rings is 1. The van der Waals surface area contributed by atoms with Crippen LogP contribution in [0, 0.1) is 12.8 Å². The van der Waals surface area contributed by atoms with Gasteiger partial charge in [-0.25, -0.2) is 0 Å². The van der Waals surface area contributed by atoms with E-state index in [1.807, 2.05) is 6.92 Å². The Balaban J connectivity index is 2.07. The molecule has 18 heavy (non-hydrogen) atoms. The van der Waals surface area contributed by atoms with Crippen molar-refractivity contribution in [2.45, 2.75) is 45.1 Å². The zero-order chi connectivity index (χ0) is 13.2. The molecule has 1 aliphatic carbocycles. The third-order valence-electron chi connectivity index (χ3n) is 3.97. The first kappa shape index (κ1) is 13.7. The third kappa shape index (κ3) is 2.79. The molecule has 0 unspecified atom stereocenters. The number of amides is 1. The number of hydrogen-bond donors (Lipinski definition) is 1. The fraction of sp³-hybridized carbons (Fsp3) is 0.643. The molecule has 1 heterocycles. The topological polar surface area (TPSA) is 42.2 Å². The normalized spacial score (nSPS) is 28.1. The van der Waals surface area contributed by atoms with Crippen LogP contribution in [0.15, 0.2) is 16.7 Å². The molecule has 1 aliphatic rings. The molecule has 100 valence electrons. The Morgan fingerprint density at radius 1 is 1.56 bits per heavy atom. The Labute approximate surface area is 116 Å². The van der Waals surface area contributed by atoms with Gasteiger partial charge in [-0.05, 0) is 44.6 Å². The molecule has 1 N–H and O–H groups in total. The summed E-state index contributed by atoms with van der Waals surface area (Å²) in [5.41, 5.74) is 0.557. The van der Waals surface area contributed by atoms with Gasteiger partial charge in [0.2, 0.25) is 0 Å². The first-order valence-electron chi connectivity index (χ1n) is 6.49. The van der Waals surface area contributed by atoms with Gasteiger partial charge in [0.05, 0.1) is 17.4 Å². The summed E-state index contributed by atoms with van der Waals surface area (Å²) < 4.78 is 5.19. The Morgan fingerprint density at radius 3 is 2.72 bits per heavy atom. The van der Waals surface area contributed by atoms with E-state index in [9.17, 15) is 4.79 Å². The summed E-state index contributed by atoms with van der Waals surface area (Å²) in [6, 6.07) is 1.73. The van der Waals surface area contributed by atoms with Crippen LogP contribution in [0.3, 0.4) is 0 Å². The molecule has 0 radical (unpaired) electrons. The lowest BCUT2D eigenvalue weighted by Gasteiger charge is -2.38. The zero-order valence-electron chi connectivity index (χ0n) is 11.0. The minimum Gasteiger partial charge on any atom is -0.469 e. The molecule has 0 bridgehead atoms. The molecule has 0 atom stereocenters. The van der Waals surface area contributed by atoms with Crippen molar-refractivity contribution in [2.75, 3.05) is 5.33 Å². The van der Waals surface area contributed by atoms with E-state index in [1.54, 1.807) is 12.3 Å². The molecule has 0 saturated heterocycles. The molecule has 4 heteroatoms. The van der Waals surface area contributed by atoms with E-state index in [0.29, 0.717) is 11.3 Å². The molecule has 2 rings (SSSR count). The standard InChI is InChI=1S/C14H20BrNO2/c1-10-3-6-14(9-15,7-4-10)16-13(17)12-5-8-18-11(12)2/h5,8,10H,3-4,6-7,9H2,1-2H3,(H,16,17).